The zero-order chi connectivity index (χ0) is 24.6. The van der Waals surface area contributed by atoms with Gasteiger partial charge < -0.3 is 5.32 Å². The number of rotatable bonds is 9. The van der Waals surface area contributed by atoms with Crippen molar-refractivity contribution in [2.45, 2.75) is 58.4 Å². The summed E-state index contributed by atoms with van der Waals surface area (Å²) in [6, 6.07) is 2.62. The molecule has 34 heavy (non-hydrogen) atoms. The lowest BCUT2D eigenvalue weighted by atomic mass is 10.2. The average Bonchev–Trinajstić information content (AvgIpc) is 3.20. The zero-order valence-corrected chi connectivity index (χ0v) is 18.5. The lowest BCUT2D eigenvalue weighted by Gasteiger charge is -2.07. The summed E-state index contributed by atoms with van der Waals surface area (Å²) in [5.74, 6) is -0.317. The van der Waals surface area contributed by atoms with Crippen LogP contribution in [0.15, 0.2) is 18.3 Å². The van der Waals surface area contributed by atoms with E-state index < -0.39 is 22.7 Å². The predicted molar refractivity (Wildman–Crippen MR) is 112 cm³/mol. The first kappa shape index (κ1) is 23.4. The molecule has 0 unspecified atom stereocenters. The molecule has 0 saturated heterocycles. The van der Waals surface area contributed by atoms with Gasteiger partial charge >= 0.3 is 11.9 Å². The Morgan fingerprint density at radius 3 is 2.59 bits per heavy atom. The first-order chi connectivity index (χ1) is 16.0. The molecule has 0 radical (unpaired) electrons. The maximum Gasteiger partial charge on any atom is 0.435 e. The number of alkyl halides is 3. The summed E-state index contributed by atoms with van der Waals surface area (Å²) in [7, 11) is 0. The molecule has 4 rings (SSSR count). The van der Waals surface area contributed by atoms with Crippen molar-refractivity contribution in [2.24, 2.45) is 0 Å². The van der Waals surface area contributed by atoms with Gasteiger partial charge in [0, 0.05) is 30.9 Å². The number of nitro groups is 1. The van der Waals surface area contributed by atoms with Gasteiger partial charge in [0.25, 0.3) is 5.91 Å². The number of hydrogen-bond donors (Lipinski definition) is 1. The van der Waals surface area contributed by atoms with E-state index in [4.69, 9.17) is 0 Å². The van der Waals surface area contributed by atoms with E-state index in [0.717, 1.165) is 18.9 Å². The SMILES string of the molecule is Cc1nn(Cn2ccc(C(=O)NCCCn3nc(C(F)(F)F)cc3C3CC3)n2)c(C)c1[N+](=O)[O-]. The van der Waals surface area contributed by atoms with Crippen LogP contribution in [-0.4, -0.2) is 46.7 Å². The number of carbonyl (C=O) groups excluding carboxylic acids is 1. The predicted octanol–water partition coefficient (Wildman–Crippen LogP) is 3.02. The van der Waals surface area contributed by atoms with Gasteiger partial charge in [-0.15, -0.1) is 0 Å². The Balaban J connectivity index is 1.31. The highest BCUT2D eigenvalue weighted by molar-refractivity contribution is 5.92. The fourth-order valence-corrected chi connectivity index (χ4v) is 3.77. The van der Waals surface area contributed by atoms with Crippen LogP contribution in [0.25, 0.3) is 0 Å². The molecule has 1 aliphatic carbocycles. The van der Waals surface area contributed by atoms with E-state index in [9.17, 15) is 28.1 Å². The van der Waals surface area contributed by atoms with Crippen LogP contribution in [0.1, 0.15) is 58.4 Å². The lowest BCUT2D eigenvalue weighted by Crippen LogP contribution is -2.26. The van der Waals surface area contributed by atoms with Crippen LogP contribution in [-0.2, 0) is 19.4 Å². The van der Waals surface area contributed by atoms with Gasteiger partial charge in [0.2, 0.25) is 0 Å². The van der Waals surface area contributed by atoms with Crippen molar-refractivity contribution in [3.05, 3.63) is 56.9 Å². The summed E-state index contributed by atoms with van der Waals surface area (Å²) in [5, 5.41) is 25.9. The normalized spacial score (nSPS) is 13.9. The van der Waals surface area contributed by atoms with Crippen LogP contribution in [0.2, 0.25) is 0 Å². The second-order valence-corrected chi connectivity index (χ2v) is 8.22. The Hall–Kier alpha value is -3.71. The van der Waals surface area contributed by atoms with Crippen molar-refractivity contribution < 1.29 is 22.9 Å². The molecular weight excluding hydrogens is 457 g/mol. The van der Waals surface area contributed by atoms with Crippen LogP contribution in [0.5, 0.6) is 0 Å². The minimum atomic E-state index is -4.49. The molecule has 0 spiro atoms. The summed E-state index contributed by atoms with van der Waals surface area (Å²) in [5.41, 5.74) is 0.445. The standard InChI is InChI=1S/C20H23F3N8O3/c1-12-18(31(33)34)13(2)30(25-12)11-28-9-6-15(26-28)19(32)24-7-3-8-29-16(14-4-5-14)10-17(27-29)20(21,22)23/h6,9-10,14H,3-5,7-8,11H2,1-2H3,(H,24,32). The summed E-state index contributed by atoms with van der Waals surface area (Å²) in [4.78, 5) is 23.0. The highest BCUT2D eigenvalue weighted by atomic mass is 19.4. The number of aromatic nitrogens is 6. The molecule has 0 aliphatic heterocycles. The molecule has 0 atom stereocenters. The first-order valence-corrected chi connectivity index (χ1v) is 10.7. The van der Waals surface area contributed by atoms with Gasteiger partial charge in [-0.1, -0.05) is 0 Å². The smallest absolute Gasteiger partial charge is 0.351 e. The Morgan fingerprint density at radius 1 is 1.24 bits per heavy atom. The molecule has 1 aliphatic rings. The highest BCUT2D eigenvalue weighted by Gasteiger charge is 2.37. The molecule has 3 aromatic heterocycles. The van der Waals surface area contributed by atoms with Gasteiger partial charge in [-0.2, -0.15) is 28.5 Å². The van der Waals surface area contributed by atoms with E-state index in [1.54, 1.807) is 20.0 Å². The number of hydrogen-bond acceptors (Lipinski definition) is 6. The van der Waals surface area contributed by atoms with Gasteiger partial charge in [-0.3, -0.25) is 24.3 Å². The molecule has 11 nitrogen and oxygen atoms in total. The Morgan fingerprint density at radius 2 is 1.97 bits per heavy atom. The fourth-order valence-electron chi connectivity index (χ4n) is 3.77. The van der Waals surface area contributed by atoms with E-state index in [2.05, 4.69) is 20.6 Å². The van der Waals surface area contributed by atoms with Gasteiger partial charge in [0.1, 0.15) is 23.8 Å². The topological polar surface area (TPSA) is 126 Å². The van der Waals surface area contributed by atoms with Gasteiger partial charge in [0.15, 0.2) is 5.69 Å². The summed E-state index contributed by atoms with van der Waals surface area (Å²) in [6.45, 7) is 3.72. The monoisotopic (exact) mass is 480 g/mol. The van der Waals surface area contributed by atoms with Crippen LogP contribution in [0, 0.1) is 24.0 Å². The maximum atomic E-state index is 13.0. The zero-order valence-electron chi connectivity index (χ0n) is 18.5. The second kappa shape index (κ2) is 8.91. The molecule has 1 fully saturated rings. The molecule has 1 saturated carbocycles. The Bertz CT molecular complexity index is 1220. The van der Waals surface area contributed by atoms with Crippen molar-refractivity contribution >= 4 is 11.6 Å². The quantitative estimate of drug-likeness (QED) is 0.285. The highest BCUT2D eigenvalue weighted by Crippen LogP contribution is 2.42. The van der Waals surface area contributed by atoms with Crippen molar-refractivity contribution in [2.75, 3.05) is 6.54 Å². The molecular formula is C20H23F3N8O3. The van der Waals surface area contributed by atoms with E-state index in [1.165, 1.54) is 20.1 Å². The molecule has 3 aromatic rings. The van der Waals surface area contributed by atoms with Gasteiger partial charge in [0.05, 0.1) is 4.92 Å². The van der Waals surface area contributed by atoms with E-state index in [1.807, 2.05) is 0 Å². The number of halogens is 3. The average molecular weight is 480 g/mol. The van der Waals surface area contributed by atoms with Crippen LogP contribution < -0.4 is 5.32 Å². The second-order valence-electron chi connectivity index (χ2n) is 8.22. The Labute approximate surface area is 191 Å². The van der Waals surface area contributed by atoms with E-state index in [-0.39, 0.29) is 42.8 Å². The third-order valence-corrected chi connectivity index (χ3v) is 5.61. The van der Waals surface area contributed by atoms with Crippen molar-refractivity contribution in [1.82, 2.24) is 34.7 Å². The molecule has 0 aromatic carbocycles. The summed E-state index contributed by atoms with van der Waals surface area (Å²) < 4.78 is 43.2. The number of aryl methyl sites for hydroxylation is 2. The molecule has 0 bridgehead atoms. The van der Waals surface area contributed by atoms with Crippen molar-refractivity contribution in [3.8, 4) is 0 Å². The maximum absolute atomic E-state index is 13.0. The van der Waals surface area contributed by atoms with Crippen molar-refractivity contribution in [3.63, 3.8) is 0 Å². The number of carbonyl (C=O) groups is 1. The number of nitrogens with zero attached hydrogens (tertiary/aromatic N) is 7. The Kier molecular flexibility index (Phi) is 6.15. The van der Waals surface area contributed by atoms with E-state index in [0.29, 0.717) is 17.8 Å². The number of nitrogens with one attached hydrogen (secondary N) is 1. The molecule has 1 N–H and O–H groups in total. The van der Waals surface area contributed by atoms with Crippen LogP contribution in [0.3, 0.4) is 0 Å². The molecule has 3 heterocycles. The molecule has 1 amide bonds. The van der Waals surface area contributed by atoms with Crippen molar-refractivity contribution in [1.29, 1.82) is 0 Å². The van der Waals surface area contributed by atoms with Crippen LogP contribution in [0.4, 0.5) is 18.9 Å². The largest absolute Gasteiger partial charge is 0.435 e. The summed E-state index contributed by atoms with van der Waals surface area (Å²) in [6.07, 6.45) is -0.816. The molecule has 182 valence electrons. The fraction of sp³-hybridized carbons (Fsp3) is 0.500. The third kappa shape index (κ3) is 4.94. The lowest BCUT2D eigenvalue weighted by molar-refractivity contribution is -0.386. The minimum absolute atomic E-state index is 0.0606. The third-order valence-electron chi connectivity index (χ3n) is 5.61. The van der Waals surface area contributed by atoms with Gasteiger partial charge in [-0.05, 0) is 45.2 Å². The number of amides is 1. The van der Waals surface area contributed by atoms with Crippen LogP contribution >= 0.6 is 0 Å². The summed E-state index contributed by atoms with van der Waals surface area (Å²) >= 11 is 0. The minimum Gasteiger partial charge on any atom is -0.351 e. The van der Waals surface area contributed by atoms with E-state index >= 15 is 0 Å². The first-order valence-electron chi connectivity index (χ1n) is 10.7. The molecule has 14 heteroatoms. The van der Waals surface area contributed by atoms with Gasteiger partial charge in [-0.25, -0.2) is 4.68 Å².